The number of aromatic carboxylic acids is 1. The van der Waals surface area contributed by atoms with Crippen LogP contribution in [-0.2, 0) is 10.0 Å². The molecular formula is C11H10N4O5S. The number of carboxylic acids is 1. The van der Waals surface area contributed by atoms with Gasteiger partial charge in [0, 0.05) is 6.07 Å². The Morgan fingerprint density at radius 3 is 2.52 bits per heavy atom. The standard InChI is InChI=1S/C11H10N4O5S/c12-7-5-6(11(17)18)1-2-8(7)21(19,20)15-9-3-4-10(16)14-13-9/h1-5H,12H2,(H,13,15)(H,14,16)(H,17,18). The van der Waals surface area contributed by atoms with Crippen molar-refractivity contribution in [1.29, 1.82) is 0 Å². The molecule has 0 aliphatic carbocycles. The summed E-state index contributed by atoms with van der Waals surface area (Å²) in [6, 6.07) is 5.51. The number of hydrogen-bond donors (Lipinski definition) is 4. The summed E-state index contributed by atoms with van der Waals surface area (Å²) >= 11 is 0. The average molecular weight is 310 g/mol. The third kappa shape index (κ3) is 3.17. The van der Waals surface area contributed by atoms with Crippen LogP contribution in [0.2, 0.25) is 0 Å². The molecule has 0 fully saturated rings. The maximum absolute atomic E-state index is 12.1. The Balaban J connectivity index is 2.37. The first kappa shape index (κ1) is 14.5. The van der Waals surface area contributed by atoms with Gasteiger partial charge >= 0.3 is 5.97 Å². The third-order valence-corrected chi connectivity index (χ3v) is 3.89. The number of hydrogen-bond acceptors (Lipinski definition) is 6. The number of aromatic nitrogens is 2. The topological polar surface area (TPSA) is 155 Å². The second-order valence-corrected chi connectivity index (χ2v) is 5.62. The number of nitrogen functional groups attached to an aromatic ring is 1. The second-order valence-electron chi connectivity index (χ2n) is 3.97. The number of benzene rings is 1. The van der Waals surface area contributed by atoms with Crippen LogP contribution in [0.3, 0.4) is 0 Å². The zero-order chi connectivity index (χ0) is 15.6. The Bertz CT molecular complexity index is 839. The average Bonchev–Trinajstić information content (AvgIpc) is 2.40. The minimum atomic E-state index is -4.05. The molecule has 1 aromatic heterocycles. The lowest BCUT2D eigenvalue weighted by Gasteiger charge is -2.09. The quantitative estimate of drug-likeness (QED) is 0.572. The predicted octanol–water partition coefficient (Wildman–Crippen LogP) is -0.149. The highest BCUT2D eigenvalue weighted by Gasteiger charge is 2.19. The van der Waals surface area contributed by atoms with Gasteiger partial charge < -0.3 is 10.8 Å². The number of rotatable bonds is 4. The Hall–Kier alpha value is -2.88. The van der Waals surface area contributed by atoms with Crippen molar-refractivity contribution >= 4 is 27.5 Å². The first-order valence-electron chi connectivity index (χ1n) is 5.51. The third-order valence-electron chi connectivity index (χ3n) is 2.46. The molecule has 1 aromatic carbocycles. The van der Waals surface area contributed by atoms with Gasteiger partial charge in [-0.3, -0.25) is 9.52 Å². The molecule has 0 bridgehead atoms. The van der Waals surface area contributed by atoms with E-state index in [1.165, 1.54) is 6.07 Å². The number of sulfonamides is 1. The van der Waals surface area contributed by atoms with Crippen molar-refractivity contribution in [3.8, 4) is 0 Å². The fraction of sp³-hybridized carbons (Fsp3) is 0. The van der Waals surface area contributed by atoms with Crippen LogP contribution in [-0.4, -0.2) is 29.7 Å². The number of H-pyrrole nitrogens is 1. The minimum Gasteiger partial charge on any atom is -0.478 e. The Labute approximate surface area is 118 Å². The molecule has 0 aliphatic rings. The molecule has 2 rings (SSSR count). The van der Waals surface area contributed by atoms with Crippen molar-refractivity contribution in [1.82, 2.24) is 10.2 Å². The maximum atomic E-state index is 12.1. The molecule has 0 saturated heterocycles. The van der Waals surface area contributed by atoms with Gasteiger partial charge in [0.25, 0.3) is 15.6 Å². The van der Waals surface area contributed by atoms with Gasteiger partial charge in [-0.1, -0.05) is 0 Å². The number of carbonyl (C=O) groups is 1. The number of carboxylic acid groups (broad SMARTS) is 1. The van der Waals surface area contributed by atoms with Gasteiger partial charge in [0.15, 0.2) is 5.82 Å². The molecule has 110 valence electrons. The zero-order valence-corrected chi connectivity index (χ0v) is 11.2. The highest BCUT2D eigenvalue weighted by atomic mass is 32.2. The maximum Gasteiger partial charge on any atom is 0.335 e. The zero-order valence-electron chi connectivity index (χ0n) is 10.4. The van der Waals surface area contributed by atoms with E-state index in [1.807, 2.05) is 0 Å². The van der Waals surface area contributed by atoms with Crippen LogP contribution in [0.1, 0.15) is 10.4 Å². The van der Waals surface area contributed by atoms with Crippen LogP contribution in [0.5, 0.6) is 0 Å². The molecule has 0 saturated carbocycles. The summed E-state index contributed by atoms with van der Waals surface area (Å²) in [4.78, 5) is 21.3. The van der Waals surface area contributed by atoms with Crippen LogP contribution >= 0.6 is 0 Å². The van der Waals surface area contributed by atoms with Crippen LogP contribution in [0.4, 0.5) is 11.5 Å². The van der Waals surface area contributed by atoms with Crippen LogP contribution < -0.4 is 16.0 Å². The number of nitrogens with two attached hydrogens (primary N) is 1. The number of nitrogens with one attached hydrogen (secondary N) is 2. The highest BCUT2D eigenvalue weighted by Crippen LogP contribution is 2.21. The van der Waals surface area contributed by atoms with Crippen molar-refractivity contribution in [3.05, 3.63) is 46.2 Å². The Morgan fingerprint density at radius 1 is 1.29 bits per heavy atom. The van der Waals surface area contributed by atoms with E-state index < -0.39 is 21.6 Å². The van der Waals surface area contributed by atoms with Crippen LogP contribution in [0.25, 0.3) is 0 Å². The van der Waals surface area contributed by atoms with Crippen LogP contribution in [0, 0.1) is 0 Å². The van der Waals surface area contributed by atoms with Gasteiger partial charge in [-0.15, -0.1) is 0 Å². The molecule has 9 nitrogen and oxygen atoms in total. The molecule has 0 aliphatic heterocycles. The summed E-state index contributed by atoms with van der Waals surface area (Å²) in [5.74, 6) is -1.32. The van der Waals surface area contributed by atoms with Crippen LogP contribution in [0.15, 0.2) is 40.0 Å². The van der Waals surface area contributed by atoms with Gasteiger partial charge in [0.2, 0.25) is 0 Å². The molecule has 10 heteroatoms. The van der Waals surface area contributed by atoms with Crippen molar-refractivity contribution in [2.45, 2.75) is 4.90 Å². The second kappa shape index (κ2) is 5.25. The molecule has 2 aromatic rings. The van der Waals surface area contributed by atoms with E-state index in [4.69, 9.17) is 10.8 Å². The molecule has 1 heterocycles. The first-order valence-corrected chi connectivity index (χ1v) is 6.99. The lowest BCUT2D eigenvalue weighted by Crippen LogP contribution is -2.18. The molecule has 0 spiro atoms. The molecule has 0 atom stereocenters. The van der Waals surface area contributed by atoms with Gasteiger partial charge in [-0.05, 0) is 24.3 Å². The van der Waals surface area contributed by atoms with E-state index in [0.29, 0.717) is 0 Å². The van der Waals surface area contributed by atoms with Gasteiger partial charge in [-0.2, -0.15) is 5.10 Å². The first-order chi connectivity index (χ1) is 9.79. The van der Waals surface area contributed by atoms with Crippen molar-refractivity contribution < 1.29 is 18.3 Å². The summed E-state index contributed by atoms with van der Waals surface area (Å²) in [5.41, 5.74) is 4.73. The van der Waals surface area contributed by atoms with E-state index in [9.17, 15) is 18.0 Å². The molecular weight excluding hydrogens is 300 g/mol. The smallest absolute Gasteiger partial charge is 0.335 e. The largest absolute Gasteiger partial charge is 0.478 e. The summed E-state index contributed by atoms with van der Waals surface area (Å²) in [5, 5.41) is 14.4. The normalized spacial score (nSPS) is 11.0. The lowest BCUT2D eigenvalue weighted by molar-refractivity contribution is 0.0697. The van der Waals surface area contributed by atoms with E-state index >= 15 is 0 Å². The van der Waals surface area contributed by atoms with E-state index in [-0.39, 0.29) is 22.0 Å². The molecule has 21 heavy (non-hydrogen) atoms. The van der Waals surface area contributed by atoms with Crippen molar-refractivity contribution in [2.24, 2.45) is 0 Å². The Kier molecular flexibility index (Phi) is 3.63. The predicted molar refractivity (Wildman–Crippen MR) is 73.5 cm³/mol. The summed E-state index contributed by atoms with van der Waals surface area (Å²) in [6.45, 7) is 0. The molecule has 5 N–H and O–H groups in total. The molecule has 0 unspecified atom stereocenters. The molecule has 0 radical (unpaired) electrons. The Morgan fingerprint density at radius 2 is 2.00 bits per heavy atom. The summed E-state index contributed by atoms with van der Waals surface area (Å²) in [6.07, 6.45) is 0. The van der Waals surface area contributed by atoms with Crippen molar-refractivity contribution in [3.63, 3.8) is 0 Å². The van der Waals surface area contributed by atoms with Gasteiger partial charge in [-0.25, -0.2) is 18.3 Å². The van der Waals surface area contributed by atoms with E-state index in [2.05, 4.69) is 14.9 Å². The van der Waals surface area contributed by atoms with Gasteiger partial charge in [0.05, 0.1) is 11.3 Å². The fourth-order valence-corrected chi connectivity index (χ4v) is 2.64. The van der Waals surface area contributed by atoms with E-state index in [0.717, 1.165) is 24.3 Å². The fourth-order valence-electron chi connectivity index (χ4n) is 1.52. The highest BCUT2D eigenvalue weighted by molar-refractivity contribution is 7.92. The van der Waals surface area contributed by atoms with Gasteiger partial charge in [0.1, 0.15) is 4.90 Å². The lowest BCUT2D eigenvalue weighted by atomic mass is 10.2. The van der Waals surface area contributed by atoms with Crippen molar-refractivity contribution in [2.75, 3.05) is 10.5 Å². The number of nitrogens with zero attached hydrogens (tertiary/aromatic N) is 1. The number of anilines is 2. The van der Waals surface area contributed by atoms with E-state index in [1.54, 1.807) is 0 Å². The monoisotopic (exact) mass is 310 g/mol. The SMILES string of the molecule is Nc1cc(C(=O)O)ccc1S(=O)(=O)Nc1ccc(=O)[nH]n1. The summed E-state index contributed by atoms with van der Waals surface area (Å²) in [7, 11) is -4.05. The summed E-state index contributed by atoms with van der Waals surface area (Å²) < 4.78 is 26.4. The minimum absolute atomic E-state index is 0.101. The molecule has 0 amide bonds. The number of aromatic amines is 1.